The lowest BCUT2D eigenvalue weighted by Gasteiger charge is -2.20. The van der Waals surface area contributed by atoms with Crippen molar-refractivity contribution in [3.05, 3.63) is 28.8 Å². The van der Waals surface area contributed by atoms with Crippen molar-refractivity contribution >= 4 is 17.4 Å². The van der Waals surface area contributed by atoms with Gasteiger partial charge < -0.3 is 4.74 Å². The molecule has 0 radical (unpaired) electrons. The Morgan fingerprint density at radius 2 is 2.21 bits per heavy atom. The summed E-state index contributed by atoms with van der Waals surface area (Å²) < 4.78 is 5.11. The van der Waals surface area contributed by atoms with Gasteiger partial charge in [-0.1, -0.05) is 18.0 Å². The van der Waals surface area contributed by atoms with Gasteiger partial charge in [0.2, 0.25) is 0 Å². The van der Waals surface area contributed by atoms with Crippen LogP contribution in [0.2, 0.25) is 5.02 Å². The molecule has 0 aromatic heterocycles. The number of methoxy groups -OCH3 is 1. The third-order valence-electron chi connectivity index (χ3n) is 4.81. The van der Waals surface area contributed by atoms with Crippen LogP contribution in [0.15, 0.2) is 18.2 Å². The number of benzene rings is 1. The van der Waals surface area contributed by atoms with Gasteiger partial charge in [-0.3, -0.25) is 4.79 Å². The molecular formula is C16H19ClO2. The highest BCUT2D eigenvalue weighted by atomic mass is 35.5. The molecule has 0 heterocycles. The average molecular weight is 279 g/mol. The Kier molecular flexibility index (Phi) is 3.53. The maximum Gasteiger partial charge on any atom is 0.163 e. The maximum atomic E-state index is 12.3. The second-order valence-corrected chi connectivity index (χ2v) is 6.32. The van der Waals surface area contributed by atoms with Gasteiger partial charge in [0, 0.05) is 12.0 Å². The fraction of sp³-hybridized carbons (Fsp3) is 0.562. The average Bonchev–Trinajstić information content (AvgIpc) is 3.00. The molecule has 0 amide bonds. The number of Topliss-reactive ketones (excluding diaryl/α,β-unsaturated/α-hetero) is 1. The van der Waals surface area contributed by atoms with E-state index in [1.54, 1.807) is 19.2 Å². The van der Waals surface area contributed by atoms with Gasteiger partial charge in [0.05, 0.1) is 12.1 Å². The zero-order chi connectivity index (χ0) is 13.4. The number of carbonyl (C=O) groups excluding carboxylic acids is 1. The van der Waals surface area contributed by atoms with Crippen molar-refractivity contribution in [3.8, 4) is 5.75 Å². The molecule has 0 aliphatic heterocycles. The third kappa shape index (κ3) is 2.51. The summed E-state index contributed by atoms with van der Waals surface area (Å²) in [6.07, 6.45) is 5.99. The van der Waals surface area contributed by atoms with Crippen LogP contribution in [0.25, 0.3) is 0 Å². The van der Waals surface area contributed by atoms with Crippen molar-refractivity contribution < 1.29 is 9.53 Å². The molecule has 0 N–H and O–H groups in total. The standard InChI is InChI=1S/C16H19ClO2/c1-19-16-5-4-12(8-14(16)17)15(18)9-13-7-10-2-3-11(13)6-10/h4-5,8,10-11,13H,2-3,6-7,9H2,1H3. The van der Waals surface area contributed by atoms with E-state index in [-0.39, 0.29) is 5.78 Å². The minimum absolute atomic E-state index is 0.224. The van der Waals surface area contributed by atoms with Gasteiger partial charge >= 0.3 is 0 Å². The summed E-state index contributed by atoms with van der Waals surface area (Å²) in [5, 5.41) is 0.515. The van der Waals surface area contributed by atoms with E-state index in [1.165, 1.54) is 25.7 Å². The van der Waals surface area contributed by atoms with Gasteiger partial charge in [0.15, 0.2) is 5.78 Å². The third-order valence-corrected chi connectivity index (χ3v) is 5.10. The minimum atomic E-state index is 0.224. The van der Waals surface area contributed by atoms with E-state index < -0.39 is 0 Å². The Bertz CT molecular complexity index is 498. The zero-order valence-electron chi connectivity index (χ0n) is 11.2. The number of fused-ring (bicyclic) bond motifs is 2. The first-order valence-corrected chi connectivity index (χ1v) is 7.42. The Hall–Kier alpha value is -1.02. The Balaban J connectivity index is 1.69. The van der Waals surface area contributed by atoms with E-state index in [0.29, 0.717) is 28.7 Å². The van der Waals surface area contributed by atoms with Crippen molar-refractivity contribution in [2.45, 2.75) is 32.1 Å². The zero-order valence-corrected chi connectivity index (χ0v) is 12.0. The summed E-state index contributed by atoms with van der Waals surface area (Å²) in [5.41, 5.74) is 0.716. The van der Waals surface area contributed by atoms with Gasteiger partial charge in [0.25, 0.3) is 0 Å². The Labute approximate surface area is 119 Å². The minimum Gasteiger partial charge on any atom is -0.495 e. The van der Waals surface area contributed by atoms with Crippen LogP contribution in [0.5, 0.6) is 5.75 Å². The number of halogens is 1. The number of ketones is 1. The molecule has 2 bridgehead atoms. The highest BCUT2D eigenvalue weighted by Crippen LogP contribution is 2.49. The Morgan fingerprint density at radius 3 is 2.79 bits per heavy atom. The molecule has 3 heteroatoms. The summed E-state index contributed by atoms with van der Waals surface area (Å²) in [4.78, 5) is 12.3. The molecule has 19 heavy (non-hydrogen) atoms. The molecule has 2 fully saturated rings. The number of hydrogen-bond acceptors (Lipinski definition) is 2. The fourth-order valence-electron chi connectivity index (χ4n) is 3.82. The summed E-state index contributed by atoms with van der Waals surface area (Å²) in [7, 11) is 1.58. The van der Waals surface area contributed by atoms with Crippen LogP contribution in [-0.2, 0) is 0 Å². The first kappa shape index (κ1) is 13.0. The number of hydrogen-bond donors (Lipinski definition) is 0. The smallest absolute Gasteiger partial charge is 0.163 e. The molecule has 2 saturated carbocycles. The van der Waals surface area contributed by atoms with Crippen LogP contribution in [0.1, 0.15) is 42.5 Å². The van der Waals surface area contributed by atoms with Crippen molar-refractivity contribution in [2.75, 3.05) is 7.11 Å². The summed E-state index contributed by atoms with van der Waals surface area (Å²) >= 11 is 6.08. The maximum absolute atomic E-state index is 12.3. The van der Waals surface area contributed by atoms with Crippen LogP contribution in [0.3, 0.4) is 0 Å². The molecule has 1 aromatic rings. The van der Waals surface area contributed by atoms with Gasteiger partial charge in [0.1, 0.15) is 5.75 Å². The predicted octanol–water partition coefficient (Wildman–Crippen LogP) is 4.36. The normalized spacial score (nSPS) is 28.6. The van der Waals surface area contributed by atoms with Crippen molar-refractivity contribution in [1.29, 1.82) is 0 Å². The van der Waals surface area contributed by atoms with E-state index >= 15 is 0 Å². The second kappa shape index (κ2) is 5.16. The topological polar surface area (TPSA) is 26.3 Å². The van der Waals surface area contributed by atoms with Crippen LogP contribution < -0.4 is 4.74 Å². The first-order valence-electron chi connectivity index (χ1n) is 7.04. The quantitative estimate of drug-likeness (QED) is 0.765. The predicted molar refractivity (Wildman–Crippen MR) is 75.9 cm³/mol. The number of carbonyl (C=O) groups is 1. The lowest BCUT2D eigenvalue weighted by Crippen LogP contribution is -2.15. The van der Waals surface area contributed by atoms with Gasteiger partial charge in [-0.2, -0.15) is 0 Å². The van der Waals surface area contributed by atoms with Gasteiger partial charge in [-0.05, 0) is 55.2 Å². The lowest BCUT2D eigenvalue weighted by atomic mass is 9.84. The van der Waals surface area contributed by atoms with Crippen LogP contribution in [0.4, 0.5) is 0 Å². The van der Waals surface area contributed by atoms with Crippen LogP contribution in [-0.4, -0.2) is 12.9 Å². The molecule has 3 atom stereocenters. The van der Waals surface area contributed by atoms with Crippen molar-refractivity contribution in [3.63, 3.8) is 0 Å². The lowest BCUT2D eigenvalue weighted by molar-refractivity contribution is 0.0944. The van der Waals surface area contributed by atoms with E-state index in [1.807, 2.05) is 6.07 Å². The second-order valence-electron chi connectivity index (χ2n) is 5.91. The molecule has 3 rings (SSSR count). The van der Waals surface area contributed by atoms with Crippen LogP contribution in [0, 0.1) is 17.8 Å². The largest absolute Gasteiger partial charge is 0.495 e. The monoisotopic (exact) mass is 278 g/mol. The fourth-order valence-corrected chi connectivity index (χ4v) is 4.08. The molecule has 1 aromatic carbocycles. The highest BCUT2D eigenvalue weighted by Gasteiger charge is 2.40. The molecule has 2 aliphatic carbocycles. The van der Waals surface area contributed by atoms with Gasteiger partial charge in [-0.25, -0.2) is 0 Å². The molecule has 0 spiro atoms. The van der Waals surface area contributed by atoms with E-state index in [4.69, 9.17) is 16.3 Å². The first-order chi connectivity index (χ1) is 9.17. The number of ether oxygens (including phenoxy) is 1. The highest BCUT2D eigenvalue weighted by molar-refractivity contribution is 6.32. The van der Waals surface area contributed by atoms with Crippen LogP contribution >= 0.6 is 11.6 Å². The SMILES string of the molecule is COc1ccc(C(=O)CC2CC3CCC2C3)cc1Cl. The van der Waals surface area contributed by atoms with E-state index in [0.717, 1.165) is 11.8 Å². The number of rotatable bonds is 4. The van der Waals surface area contributed by atoms with Crippen molar-refractivity contribution in [1.82, 2.24) is 0 Å². The molecular weight excluding hydrogens is 260 g/mol. The molecule has 0 saturated heterocycles. The summed E-state index contributed by atoms with van der Waals surface area (Å²) in [6, 6.07) is 5.33. The summed E-state index contributed by atoms with van der Waals surface area (Å²) in [5.74, 6) is 3.14. The van der Waals surface area contributed by atoms with E-state index in [2.05, 4.69) is 0 Å². The van der Waals surface area contributed by atoms with E-state index in [9.17, 15) is 4.79 Å². The molecule has 2 nitrogen and oxygen atoms in total. The Morgan fingerprint density at radius 1 is 1.37 bits per heavy atom. The molecule has 2 aliphatic rings. The molecule has 3 unspecified atom stereocenters. The molecule has 102 valence electrons. The summed E-state index contributed by atoms with van der Waals surface area (Å²) in [6.45, 7) is 0. The van der Waals surface area contributed by atoms with Crippen molar-refractivity contribution in [2.24, 2.45) is 17.8 Å². The van der Waals surface area contributed by atoms with Gasteiger partial charge in [-0.15, -0.1) is 0 Å².